The van der Waals surface area contributed by atoms with Gasteiger partial charge in [0.2, 0.25) is 0 Å². The van der Waals surface area contributed by atoms with E-state index in [2.05, 4.69) is 6.07 Å². The molecule has 0 aromatic heterocycles. The summed E-state index contributed by atoms with van der Waals surface area (Å²) in [6, 6.07) is 8.10. The van der Waals surface area contributed by atoms with E-state index < -0.39 is 0 Å². The van der Waals surface area contributed by atoms with Crippen LogP contribution in [0.1, 0.15) is 23.6 Å². The zero-order valence-corrected chi connectivity index (χ0v) is 9.31. The lowest BCUT2D eigenvalue weighted by atomic mass is 10.0. The Hall–Kier alpha value is -1.26. The average molecular weight is 206 g/mol. The number of aryl methyl sites for hydroxylation is 2. The molecule has 0 fully saturated rings. The van der Waals surface area contributed by atoms with E-state index in [9.17, 15) is 0 Å². The maximum absolute atomic E-state index is 8.73. The smallest absolute Gasteiger partial charge is 0.0959 e. The summed E-state index contributed by atoms with van der Waals surface area (Å²) in [6.07, 6.45) is 0. The van der Waals surface area contributed by atoms with Crippen molar-refractivity contribution in [2.24, 2.45) is 0 Å². The molecule has 0 aliphatic carbocycles. The molecule has 0 saturated carbocycles. The number of halogens is 1. The van der Waals surface area contributed by atoms with Gasteiger partial charge in [0.15, 0.2) is 0 Å². The summed E-state index contributed by atoms with van der Waals surface area (Å²) < 4.78 is 0. The summed E-state index contributed by atoms with van der Waals surface area (Å²) in [6.45, 7) is 5.72. The number of benzene rings is 1. The van der Waals surface area contributed by atoms with Crippen molar-refractivity contribution in [3.8, 4) is 6.07 Å². The zero-order valence-electron chi connectivity index (χ0n) is 8.56. The third-order valence-corrected chi connectivity index (χ3v) is 2.61. The van der Waals surface area contributed by atoms with Crippen LogP contribution in [-0.4, -0.2) is 0 Å². The van der Waals surface area contributed by atoms with Gasteiger partial charge in [0.25, 0.3) is 0 Å². The molecular weight excluding hydrogens is 194 g/mol. The first-order valence-electron chi connectivity index (χ1n) is 4.40. The van der Waals surface area contributed by atoms with Crippen molar-refractivity contribution in [2.75, 3.05) is 0 Å². The van der Waals surface area contributed by atoms with Gasteiger partial charge in [-0.1, -0.05) is 35.4 Å². The Morgan fingerprint density at radius 1 is 1.36 bits per heavy atom. The van der Waals surface area contributed by atoms with Gasteiger partial charge >= 0.3 is 0 Å². The number of rotatable bonds is 1. The van der Waals surface area contributed by atoms with Crippen LogP contribution in [0.25, 0.3) is 5.03 Å². The molecule has 1 aromatic rings. The fourth-order valence-corrected chi connectivity index (χ4v) is 1.47. The van der Waals surface area contributed by atoms with Crippen LogP contribution in [0.15, 0.2) is 23.8 Å². The topological polar surface area (TPSA) is 23.8 Å². The van der Waals surface area contributed by atoms with Crippen LogP contribution in [0.5, 0.6) is 0 Å². The summed E-state index contributed by atoms with van der Waals surface area (Å²) in [4.78, 5) is 0. The highest BCUT2D eigenvalue weighted by molar-refractivity contribution is 6.49. The molecule has 0 amide bonds. The average Bonchev–Trinajstić information content (AvgIpc) is 2.19. The van der Waals surface area contributed by atoms with Crippen LogP contribution >= 0.6 is 11.6 Å². The van der Waals surface area contributed by atoms with Crippen molar-refractivity contribution in [1.82, 2.24) is 0 Å². The van der Waals surface area contributed by atoms with Gasteiger partial charge in [0.1, 0.15) is 0 Å². The molecule has 1 nitrogen and oxygen atoms in total. The summed E-state index contributed by atoms with van der Waals surface area (Å²) in [7, 11) is 0. The van der Waals surface area contributed by atoms with E-state index >= 15 is 0 Å². The second-order valence-corrected chi connectivity index (χ2v) is 3.75. The molecule has 0 heterocycles. The van der Waals surface area contributed by atoms with Crippen LogP contribution in [0.2, 0.25) is 0 Å². The van der Waals surface area contributed by atoms with Crippen LogP contribution in [0.4, 0.5) is 0 Å². The number of allylic oxidation sites excluding steroid dienone is 1. The lowest BCUT2D eigenvalue weighted by molar-refractivity contribution is 1.36. The third-order valence-electron chi connectivity index (χ3n) is 2.13. The molecule has 72 valence electrons. The molecule has 1 rings (SSSR count). The Morgan fingerprint density at radius 3 is 2.57 bits per heavy atom. The number of hydrogen-bond acceptors (Lipinski definition) is 1. The molecule has 0 saturated heterocycles. The first-order valence-corrected chi connectivity index (χ1v) is 4.78. The molecule has 2 heteroatoms. The highest BCUT2D eigenvalue weighted by Gasteiger charge is 2.05. The molecule has 14 heavy (non-hydrogen) atoms. The zero-order chi connectivity index (χ0) is 10.7. The first kappa shape index (κ1) is 10.8. The number of nitriles is 1. The molecular formula is C12H12ClN. The van der Waals surface area contributed by atoms with E-state index in [1.807, 2.05) is 32.0 Å². The van der Waals surface area contributed by atoms with Gasteiger partial charge in [0, 0.05) is 5.57 Å². The first-order chi connectivity index (χ1) is 6.56. The number of hydrogen-bond donors (Lipinski definition) is 0. The standard InChI is InChI=1S/C12H12ClN/c1-8-4-5-9(2)11(6-8)12(13)10(3)7-14/h4-6H,1-3H3. The van der Waals surface area contributed by atoms with E-state index in [0.717, 1.165) is 16.7 Å². The Balaban J connectivity index is 3.34. The lowest BCUT2D eigenvalue weighted by Gasteiger charge is -2.06. The fraction of sp³-hybridized carbons (Fsp3) is 0.250. The highest BCUT2D eigenvalue weighted by Crippen LogP contribution is 2.26. The van der Waals surface area contributed by atoms with E-state index in [1.165, 1.54) is 0 Å². The molecule has 1 aromatic carbocycles. The quantitative estimate of drug-likeness (QED) is 0.640. The predicted octanol–water partition coefficient (Wildman–Crippen LogP) is 3.80. The van der Waals surface area contributed by atoms with Gasteiger partial charge in [-0.2, -0.15) is 5.26 Å². The molecule has 0 N–H and O–H groups in total. The third kappa shape index (κ3) is 2.16. The van der Waals surface area contributed by atoms with Crippen molar-refractivity contribution in [3.05, 3.63) is 40.5 Å². The Bertz CT molecular complexity index is 424. The summed E-state index contributed by atoms with van der Waals surface area (Å²) in [5, 5.41) is 9.28. The van der Waals surface area contributed by atoms with Crippen molar-refractivity contribution in [2.45, 2.75) is 20.8 Å². The minimum atomic E-state index is 0.550. The maximum Gasteiger partial charge on any atom is 0.0959 e. The van der Waals surface area contributed by atoms with Crippen LogP contribution in [0, 0.1) is 25.2 Å². The van der Waals surface area contributed by atoms with Gasteiger partial charge in [0.05, 0.1) is 11.1 Å². The molecule has 0 radical (unpaired) electrons. The maximum atomic E-state index is 8.73. The number of nitrogens with zero attached hydrogens (tertiary/aromatic N) is 1. The van der Waals surface area contributed by atoms with Crippen LogP contribution in [-0.2, 0) is 0 Å². The van der Waals surface area contributed by atoms with Gasteiger partial charge in [-0.3, -0.25) is 0 Å². The molecule has 0 aliphatic rings. The summed E-state index contributed by atoms with van der Waals surface area (Å²) in [5.41, 5.74) is 3.75. The Morgan fingerprint density at radius 2 is 2.00 bits per heavy atom. The van der Waals surface area contributed by atoms with Crippen molar-refractivity contribution in [1.29, 1.82) is 5.26 Å². The fourth-order valence-electron chi connectivity index (χ4n) is 1.22. The van der Waals surface area contributed by atoms with Gasteiger partial charge < -0.3 is 0 Å². The second kappa shape index (κ2) is 4.30. The molecule has 0 bridgehead atoms. The van der Waals surface area contributed by atoms with Crippen molar-refractivity contribution >= 4 is 16.6 Å². The van der Waals surface area contributed by atoms with Crippen LogP contribution < -0.4 is 0 Å². The SMILES string of the molecule is CC(C#N)=C(Cl)c1cc(C)ccc1C. The van der Waals surface area contributed by atoms with Gasteiger partial charge in [-0.05, 0) is 31.9 Å². The van der Waals surface area contributed by atoms with Crippen LogP contribution in [0.3, 0.4) is 0 Å². The Kier molecular flexibility index (Phi) is 3.33. The van der Waals surface area contributed by atoms with E-state index in [1.54, 1.807) is 6.92 Å². The van der Waals surface area contributed by atoms with Crippen molar-refractivity contribution < 1.29 is 0 Å². The molecule has 0 atom stereocenters. The lowest BCUT2D eigenvalue weighted by Crippen LogP contribution is -1.87. The van der Waals surface area contributed by atoms with Crippen molar-refractivity contribution in [3.63, 3.8) is 0 Å². The minimum Gasteiger partial charge on any atom is -0.193 e. The van der Waals surface area contributed by atoms with E-state index in [0.29, 0.717) is 10.6 Å². The molecule has 0 spiro atoms. The van der Waals surface area contributed by atoms with Gasteiger partial charge in [-0.25, -0.2) is 0 Å². The summed E-state index contributed by atoms with van der Waals surface area (Å²) in [5.74, 6) is 0. The van der Waals surface area contributed by atoms with Gasteiger partial charge in [-0.15, -0.1) is 0 Å². The molecule has 0 unspecified atom stereocenters. The highest BCUT2D eigenvalue weighted by atomic mass is 35.5. The Labute approximate surface area is 89.6 Å². The predicted molar refractivity (Wildman–Crippen MR) is 60.0 cm³/mol. The largest absolute Gasteiger partial charge is 0.193 e. The summed E-state index contributed by atoms with van der Waals surface area (Å²) >= 11 is 6.09. The van der Waals surface area contributed by atoms with E-state index in [-0.39, 0.29) is 0 Å². The minimum absolute atomic E-state index is 0.550. The monoisotopic (exact) mass is 205 g/mol. The molecule has 0 aliphatic heterocycles. The second-order valence-electron chi connectivity index (χ2n) is 3.37. The van der Waals surface area contributed by atoms with E-state index in [4.69, 9.17) is 16.9 Å². The normalized spacial score (nSPS) is 11.9.